The van der Waals surface area contributed by atoms with Crippen molar-refractivity contribution in [3.63, 3.8) is 0 Å². The normalized spacial score (nSPS) is 14.0. The van der Waals surface area contributed by atoms with Crippen LogP contribution >= 0.6 is 0 Å². The van der Waals surface area contributed by atoms with Gasteiger partial charge in [0.25, 0.3) is 0 Å². The van der Waals surface area contributed by atoms with Crippen LogP contribution in [-0.2, 0) is 4.79 Å². The van der Waals surface area contributed by atoms with Crippen LogP contribution in [0.2, 0.25) is 0 Å². The third kappa shape index (κ3) is 1.32. The van der Waals surface area contributed by atoms with Crippen LogP contribution in [0.3, 0.4) is 0 Å². The van der Waals surface area contributed by atoms with Crippen LogP contribution in [0, 0.1) is 0 Å². The zero-order chi connectivity index (χ0) is 12.9. The summed E-state index contributed by atoms with van der Waals surface area (Å²) in [6, 6.07) is 6.06. The number of rotatable bonds is 0. The van der Waals surface area contributed by atoms with E-state index in [0.717, 1.165) is 0 Å². The van der Waals surface area contributed by atoms with Gasteiger partial charge < -0.3 is 10.2 Å². The number of phenols is 2. The van der Waals surface area contributed by atoms with E-state index in [-0.39, 0.29) is 11.5 Å². The van der Waals surface area contributed by atoms with Crippen molar-refractivity contribution >= 4 is 28.4 Å². The molecule has 2 aromatic carbocycles. The quantitative estimate of drug-likeness (QED) is 0.545. The Hall–Kier alpha value is -2.62. The molecule has 3 rings (SSSR count). The molecule has 0 fully saturated rings. The fraction of sp³-hybridized carbons (Fsp3) is 0. The van der Waals surface area contributed by atoms with Gasteiger partial charge in [-0.2, -0.15) is 0 Å². The molecule has 1 aliphatic rings. The van der Waals surface area contributed by atoms with Gasteiger partial charge in [0.15, 0.2) is 11.5 Å². The monoisotopic (exact) mass is 240 g/mol. The van der Waals surface area contributed by atoms with Crippen molar-refractivity contribution in [2.75, 3.05) is 0 Å². The predicted molar refractivity (Wildman–Crippen MR) is 65.6 cm³/mol. The minimum absolute atomic E-state index is 0.218. The predicted octanol–water partition coefficient (Wildman–Crippen LogP) is 2.03. The molecular formula is C14H8O4. The van der Waals surface area contributed by atoms with Gasteiger partial charge in [-0.05, 0) is 35.2 Å². The van der Waals surface area contributed by atoms with Crippen LogP contribution in [0.1, 0.15) is 15.9 Å². The third-order valence-corrected chi connectivity index (χ3v) is 3.02. The Labute approximate surface area is 102 Å². The third-order valence-electron chi connectivity index (χ3n) is 3.02. The van der Waals surface area contributed by atoms with E-state index >= 15 is 0 Å². The Bertz CT molecular complexity index is 741. The van der Waals surface area contributed by atoms with Gasteiger partial charge in [-0.15, -0.1) is 0 Å². The maximum absolute atomic E-state index is 11.7. The maximum atomic E-state index is 11.7. The molecular weight excluding hydrogens is 232 g/mol. The van der Waals surface area contributed by atoms with Gasteiger partial charge in [-0.25, -0.2) is 0 Å². The molecule has 4 heteroatoms. The molecule has 88 valence electrons. The average molecular weight is 240 g/mol. The second-order valence-corrected chi connectivity index (χ2v) is 4.12. The molecule has 2 aromatic rings. The minimum Gasteiger partial charge on any atom is -0.504 e. The Balaban J connectivity index is 2.39. The summed E-state index contributed by atoms with van der Waals surface area (Å²) in [7, 11) is 0. The van der Waals surface area contributed by atoms with Crippen LogP contribution in [0.25, 0.3) is 16.8 Å². The molecule has 0 atom stereocenters. The van der Waals surface area contributed by atoms with E-state index in [2.05, 4.69) is 0 Å². The summed E-state index contributed by atoms with van der Waals surface area (Å²) in [5.41, 5.74) is 0.882. The number of benzene rings is 2. The van der Waals surface area contributed by atoms with Gasteiger partial charge in [-0.3, -0.25) is 9.59 Å². The van der Waals surface area contributed by atoms with E-state index in [1.54, 1.807) is 18.2 Å². The van der Waals surface area contributed by atoms with Crippen LogP contribution < -0.4 is 0 Å². The van der Waals surface area contributed by atoms with Crippen LogP contribution in [0.4, 0.5) is 0 Å². The SMILES string of the molecule is O=C1C=Cc2cc3c(O)c(O)ccc3cc2C1=O. The number of ketones is 2. The molecule has 2 N–H and O–H groups in total. The first-order chi connectivity index (χ1) is 8.58. The number of aromatic hydroxyl groups is 2. The molecule has 0 heterocycles. The zero-order valence-electron chi connectivity index (χ0n) is 9.18. The lowest BCUT2D eigenvalue weighted by atomic mass is 9.92. The van der Waals surface area contributed by atoms with Crippen molar-refractivity contribution in [1.82, 2.24) is 0 Å². The molecule has 0 saturated carbocycles. The summed E-state index contributed by atoms with van der Waals surface area (Å²) >= 11 is 0. The zero-order valence-corrected chi connectivity index (χ0v) is 9.18. The van der Waals surface area contributed by atoms with E-state index in [4.69, 9.17) is 0 Å². The number of allylic oxidation sites excluding steroid dienone is 1. The van der Waals surface area contributed by atoms with Gasteiger partial charge in [0.2, 0.25) is 11.6 Å². The summed E-state index contributed by atoms with van der Waals surface area (Å²) < 4.78 is 0. The summed E-state index contributed by atoms with van der Waals surface area (Å²) in [4.78, 5) is 23.0. The maximum Gasteiger partial charge on any atom is 0.233 e. The summed E-state index contributed by atoms with van der Waals surface area (Å²) in [5, 5.41) is 20.2. The second kappa shape index (κ2) is 3.43. The highest BCUT2D eigenvalue weighted by Gasteiger charge is 2.22. The summed E-state index contributed by atoms with van der Waals surface area (Å²) in [5.74, 6) is -1.55. The van der Waals surface area contributed by atoms with Gasteiger partial charge >= 0.3 is 0 Å². The first-order valence-electron chi connectivity index (χ1n) is 5.33. The van der Waals surface area contributed by atoms with Crippen molar-refractivity contribution in [2.45, 2.75) is 0 Å². The molecule has 4 nitrogen and oxygen atoms in total. The highest BCUT2D eigenvalue weighted by atomic mass is 16.3. The lowest BCUT2D eigenvalue weighted by molar-refractivity contribution is -0.110. The summed E-state index contributed by atoms with van der Waals surface area (Å²) in [6.07, 6.45) is 2.73. The van der Waals surface area contributed by atoms with Gasteiger partial charge in [0, 0.05) is 10.9 Å². The van der Waals surface area contributed by atoms with Gasteiger partial charge in [0.05, 0.1) is 0 Å². The lowest BCUT2D eigenvalue weighted by Crippen LogP contribution is -2.15. The average Bonchev–Trinajstić information content (AvgIpc) is 2.38. The Morgan fingerprint density at radius 3 is 2.50 bits per heavy atom. The Morgan fingerprint density at radius 1 is 0.944 bits per heavy atom. The number of Topliss-reactive ketones (excluding diaryl/α,β-unsaturated/α-hetero) is 1. The molecule has 0 saturated heterocycles. The number of carbonyl (C=O) groups is 2. The van der Waals surface area contributed by atoms with E-state index in [1.165, 1.54) is 18.2 Å². The van der Waals surface area contributed by atoms with E-state index < -0.39 is 11.6 Å². The number of hydrogen-bond donors (Lipinski definition) is 2. The minimum atomic E-state index is -0.554. The van der Waals surface area contributed by atoms with E-state index in [0.29, 0.717) is 21.9 Å². The first kappa shape index (κ1) is 10.5. The van der Waals surface area contributed by atoms with E-state index in [1.807, 2.05) is 0 Å². The molecule has 0 amide bonds. The number of hydrogen-bond acceptors (Lipinski definition) is 4. The largest absolute Gasteiger partial charge is 0.504 e. The Morgan fingerprint density at radius 2 is 1.72 bits per heavy atom. The molecule has 0 bridgehead atoms. The van der Waals surface area contributed by atoms with Gasteiger partial charge in [0.1, 0.15) is 0 Å². The molecule has 0 aliphatic heterocycles. The Kier molecular flexibility index (Phi) is 2.01. The van der Waals surface area contributed by atoms with Crippen molar-refractivity contribution in [3.8, 4) is 11.5 Å². The molecule has 1 aliphatic carbocycles. The highest BCUT2D eigenvalue weighted by Crippen LogP contribution is 2.36. The molecule has 0 aromatic heterocycles. The van der Waals surface area contributed by atoms with Crippen LogP contribution in [0.5, 0.6) is 11.5 Å². The van der Waals surface area contributed by atoms with Crippen molar-refractivity contribution in [2.24, 2.45) is 0 Å². The highest BCUT2D eigenvalue weighted by molar-refractivity contribution is 6.50. The van der Waals surface area contributed by atoms with Crippen molar-refractivity contribution in [3.05, 3.63) is 41.5 Å². The molecule has 0 radical (unpaired) electrons. The standard InChI is InChI=1S/C14H8O4/c15-11-3-1-7-5-10-8(6-9(7)13(11)17)2-4-12(16)14(10)18/h1-6,15,17H. The topological polar surface area (TPSA) is 74.6 Å². The smallest absolute Gasteiger partial charge is 0.233 e. The summed E-state index contributed by atoms with van der Waals surface area (Å²) in [6.45, 7) is 0. The second-order valence-electron chi connectivity index (χ2n) is 4.12. The van der Waals surface area contributed by atoms with Crippen molar-refractivity contribution < 1.29 is 19.8 Å². The number of phenolic OH excluding ortho intramolecular Hbond substituents is 2. The van der Waals surface area contributed by atoms with Gasteiger partial charge in [-0.1, -0.05) is 12.1 Å². The molecule has 0 unspecified atom stereocenters. The number of carbonyl (C=O) groups excluding carboxylic acids is 2. The van der Waals surface area contributed by atoms with Crippen LogP contribution in [-0.4, -0.2) is 21.8 Å². The number of fused-ring (bicyclic) bond motifs is 2. The fourth-order valence-electron chi connectivity index (χ4n) is 2.07. The van der Waals surface area contributed by atoms with E-state index in [9.17, 15) is 19.8 Å². The fourth-order valence-corrected chi connectivity index (χ4v) is 2.07. The van der Waals surface area contributed by atoms with Crippen molar-refractivity contribution in [1.29, 1.82) is 0 Å². The first-order valence-corrected chi connectivity index (χ1v) is 5.33. The molecule has 0 spiro atoms. The molecule has 18 heavy (non-hydrogen) atoms. The lowest BCUT2D eigenvalue weighted by Gasteiger charge is -2.11. The van der Waals surface area contributed by atoms with Crippen LogP contribution in [0.15, 0.2) is 30.3 Å².